The van der Waals surface area contributed by atoms with Crippen molar-refractivity contribution in [1.82, 2.24) is 19.4 Å². The second-order valence-corrected chi connectivity index (χ2v) is 7.16. The van der Waals surface area contributed by atoms with Crippen LogP contribution in [-0.2, 0) is 18.3 Å². The van der Waals surface area contributed by atoms with Gasteiger partial charge >= 0.3 is 6.09 Å². The lowest BCUT2D eigenvalue weighted by Gasteiger charge is -2.18. The fourth-order valence-electron chi connectivity index (χ4n) is 3.36. The van der Waals surface area contributed by atoms with Gasteiger partial charge in [0.25, 0.3) is 0 Å². The average Bonchev–Trinajstić information content (AvgIpc) is 3.17. The number of unbranched alkanes of at least 4 members (excludes halogenated alkanes) is 1. The number of benzene rings is 1. The van der Waals surface area contributed by atoms with Crippen molar-refractivity contribution in [2.75, 3.05) is 13.2 Å². The fraction of sp³-hybridized carbons (Fsp3) is 0.400. The predicted octanol–water partition coefficient (Wildman–Crippen LogP) is 4.58. The molecule has 1 N–H and O–H groups in total. The summed E-state index contributed by atoms with van der Waals surface area (Å²) in [7, 11) is 1.90. The lowest BCUT2D eigenvalue weighted by atomic mass is 10.2. The molecule has 150 valence electrons. The molecule has 3 rings (SSSR count). The van der Waals surface area contributed by atoms with E-state index in [2.05, 4.69) is 9.67 Å². The zero-order valence-corrected chi connectivity index (χ0v) is 17.1. The van der Waals surface area contributed by atoms with Gasteiger partial charge in [-0.15, -0.1) is 0 Å². The van der Waals surface area contributed by atoms with Crippen LogP contribution in [0.2, 0.25) is 5.02 Å². The molecular formula is C20H25ClN4O3. The van der Waals surface area contributed by atoms with Gasteiger partial charge in [-0.2, -0.15) is 10.2 Å². The lowest BCUT2D eigenvalue weighted by molar-refractivity contribution is -0.130. The quantitative estimate of drug-likeness (QED) is 0.558. The maximum Gasteiger partial charge on any atom is 0.431 e. The zero-order valence-electron chi connectivity index (χ0n) is 16.4. The highest BCUT2D eigenvalue weighted by molar-refractivity contribution is 6.31. The SMILES string of the molecule is CCCCN(OCCc1c(C)nn(C)c1-n1ccc2cc(Cl)ccc21)C(=O)O. The largest absolute Gasteiger partial charge is 0.463 e. The van der Waals surface area contributed by atoms with Gasteiger partial charge in [0.05, 0.1) is 24.4 Å². The maximum atomic E-state index is 11.3. The molecule has 7 nitrogen and oxygen atoms in total. The molecule has 1 amide bonds. The Bertz CT molecular complexity index is 979. The third-order valence-electron chi connectivity index (χ3n) is 4.72. The molecule has 3 aromatic rings. The van der Waals surface area contributed by atoms with Crippen molar-refractivity contribution in [3.63, 3.8) is 0 Å². The van der Waals surface area contributed by atoms with Crippen molar-refractivity contribution < 1.29 is 14.7 Å². The summed E-state index contributed by atoms with van der Waals surface area (Å²) in [5.41, 5.74) is 2.95. The van der Waals surface area contributed by atoms with Crippen molar-refractivity contribution in [3.8, 4) is 5.82 Å². The Kier molecular flexibility index (Phi) is 6.26. The van der Waals surface area contributed by atoms with Crippen LogP contribution in [0.15, 0.2) is 30.5 Å². The third-order valence-corrected chi connectivity index (χ3v) is 4.96. The standard InChI is InChI=1S/C20H25ClN4O3/c1-4-5-10-25(20(26)27)28-12-9-17-14(2)22-23(3)19(17)24-11-8-15-13-16(21)6-7-18(15)24/h6-8,11,13H,4-5,9-10,12H2,1-3H3,(H,26,27). The minimum atomic E-state index is -1.06. The van der Waals surface area contributed by atoms with E-state index in [9.17, 15) is 9.90 Å². The van der Waals surface area contributed by atoms with E-state index in [-0.39, 0.29) is 6.61 Å². The Morgan fingerprint density at radius 2 is 2.14 bits per heavy atom. The van der Waals surface area contributed by atoms with E-state index in [1.807, 2.05) is 56.0 Å². The molecule has 0 aliphatic carbocycles. The molecule has 0 radical (unpaired) electrons. The number of amides is 1. The zero-order chi connectivity index (χ0) is 20.3. The van der Waals surface area contributed by atoms with Gasteiger partial charge in [0, 0.05) is 35.6 Å². The number of carbonyl (C=O) groups is 1. The number of nitrogens with zero attached hydrogens (tertiary/aromatic N) is 4. The van der Waals surface area contributed by atoms with Crippen molar-refractivity contribution in [2.45, 2.75) is 33.1 Å². The van der Waals surface area contributed by atoms with Crippen molar-refractivity contribution in [2.24, 2.45) is 7.05 Å². The summed E-state index contributed by atoms with van der Waals surface area (Å²) in [6.45, 7) is 4.60. The highest BCUT2D eigenvalue weighted by atomic mass is 35.5. The van der Waals surface area contributed by atoms with Gasteiger partial charge in [-0.1, -0.05) is 24.9 Å². The van der Waals surface area contributed by atoms with Crippen molar-refractivity contribution in [1.29, 1.82) is 0 Å². The number of aromatic nitrogens is 3. The topological polar surface area (TPSA) is 72.5 Å². The van der Waals surface area contributed by atoms with E-state index in [4.69, 9.17) is 16.4 Å². The monoisotopic (exact) mass is 404 g/mol. The fourth-order valence-corrected chi connectivity index (χ4v) is 3.54. The Labute approximate surface area is 169 Å². The molecule has 1 aromatic carbocycles. The number of rotatable bonds is 8. The molecule has 8 heteroatoms. The minimum absolute atomic E-state index is 0.264. The lowest BCUT2D eigenvalue weighted by Crippen LogP contribution is -2.31. The number of carboxylic acid groups (broad SMARTS) is 1. The van der Waals surface area contributed by atoms with Crippen LogP contribution >= 0.6 is 11.6 Å². The van der Waals surface area contributed by atoms with Crippen LogP contribution in [0.25, 0.3) is 16.7 Å². The summed E-state index contributed by atoms with van der Waals surface area (Å²) in [5, 5.41) is 16.6. The minimum Gasteiger partial charge on any atom is -0.463 e. The maximum absolute atomic E-state index is 11.3. The van der Waals surface area contributed by atoms with E-state index >= 15 is 0 Å². The first-order valence-electron chi connectivity index (χ1n) is 9.35. The number of hydrogen-bond acceptors (Lipinski definition) is 3. The van der Waals surface area contributed by atoms with Crippen LogP contribution in [0.5, 0.6) is 0 Å². The Morgan fingerprint density at radius 3 is 2.86 bits per heavy atom. The average molecular weight is 405 g/mol. The van der Waals surface area contributed by atoms with Gasteiger partial charge in [0.2, 0.25) is 0 Å². The van der Waals surface area contributed by atoms with Crippen molar-refractivity contribution in [3.05, 3.63) is 46.7 Å². The van der Waals surface area contributed by atoms with Gasteiger partial charge in [0.15, 0.2) is 0 Å². The van der Waals surface area contributed by atoms with Crippen molar-refractivity contribution >= 4 is 28.6 Å². The van der Waals surface area contributed by atoms with E-state index in [1.165, 1.54) is 0 Å². The number of hydroxylamine groups is 2. The molecular weight excluding hydrogens is 380 g/mol. The molecule has 0 saturated carbocycles. The van der Waals surface area contributed by atoms with Crippen LogP contribution in [0.1, 0.15) is 31.0 Å². The predicted molar refractivity (Wildman–Crippen MR) is 109 cm³/mol. The Balaban J connectivity index is 1.84. The van der Waals surface area contributed by atoms with Gasteiger partial charge in [0.1, 0.15) is 5.82 Å². The molecule has 0 aliphatic rings. The summed E-state index contributed by atoms with van der Waals surface area (Å²) in [6, 6.07) is 7.79. The number of fused-ring (bicyclic) bond motifs is 1. The third kappa shape index (κ3) is 4.15. The number of halogens is 1. The highest BCUT2D eigenvalue weighted by Gasteiger charge is 2.18. The molecule has 0 fully saturated rings. The first-order valence-corrected chi connectivity index (χ1v) is 9.73. The highest BCUT2D eigenvalue weighted by Crippen LogP contribution is 2.26. The van der Waals surface area contributed by atoms with E-state index in [1.54, 1.807) is 0 Å². The number of aryl methyl sites for hydroxylation is 2. The second-order valence-electron chi connectivity index (χ2n) is 6.72. The molecule has 2 heterocycles. The van der Waals surface area contributed by atoms with Gasteiger partial charge in [-0.05, 0) is 37.6 Å². The van der Waals surface area contributed by atoms with Gasteiger partial charge in [-0.25, -0.2) is 4.79 Å². The summed E-state index contributed by atoms with van der Waals surface area (Å²) < 4.78 is 3.91. The summed E-state index contributed by atoms with van der Waals surface area (Å²) in [6.07, 6.45) is 3.15. The molecule has 0 unspecified atom stereocenters. The van der Waals surface area contributed by atoms with Crippen LogP contribution in [0.4, 0.5) is 4.79 Å². The second kappa shape index (κ2) is 8.67. The summed E-state index contributed by atoms with van der Waals surface area (Å²) in [4.78, 5) is 16.8. The first kappa shape index (κ1) is 20.2. The van der Waals surface area contributed by atoms with E-state index < -0.39 is 6.09 Å². The molecule has 0 aliphatic heterocycles. The van der Waals surface area contributed by atoms with Gasteiger partial charge < -0.3 is 9.67 Å². The Morgan fingerprint density at radius 1 is 1.36 bits per heavy atom. The van der Waals surface area contributed by atoms with Crippen LogP contribution in [0.3, 0.4) is 0 Å². The van der Waals surface area contributed by atoms with Crippen LogP contribution in [0, 0.1) is 6.92 Å². The molecule has 2 aromatic heterocycles. The summed E-state index contributed by atoms with van der Waals surface area (Å²) >= 11 is 6.10. The molecule has 0 spiro atoms. The Hall–Kier alpha value is -2.51. The smallest absolute Gasteiger partial charge is 0.431 e. The normalized spacial score (nSPS) is 11.3. The van der Waals surface area contributed by atoms with Crippen LogP contribution in [-0.4, -0.2) is 43.8 Å². The van der Waals surface area contributed by atoms with E-state index in [0.29, 0.717) is 18.0 Å². The number of hydrogen-bond donors (Lipinski definition) is 1. The molecule has 0 atom stereocenters. The molecule has 0 bridgehead atoms. The molecule has 0 saturated heterocycles. The van der Waals surface area contributed by atoms with Crippen LogP contribution < -0.4 is 0 Å². The van der Waals surface area contributed by atoms with E-state index in [0.717, 1.165) is 45.9 Å². The summed E-state index contributed by atoms with van der Waals surface area (Å²) in [5.74, 6) is 0.939. The van der Waals surface area contributed by atoms with Gasteiger partial charge in [-0.3, -0.25) is 9.52 Å². The molecule has 28 heavy (non-hydrogen) atoms. The first-order chi connectivity index (χ1) is 13.4.